The fourth-order valence-electron chi connectivity index (χ4n) is 5.02. The van der Waals surface area contributed by atoms with Gasteiger partial charge in [-0.05, 0) is 56.4 Å². The molecule has 1 saturated carbocycles. The first kappa shape index (κ1) is 23.4. The van der Waals surface area contributed by atoms with Gasteiger partial charge in [0.1, 0.15) is 15.5 Å². The second-order valence-electron chi connectivity index (χ2n) is 9.40. The predicted octanol–water partition coefficient (Wildman–Crippen LogP) is 5.48. The minimum atomic E-state index is -0.367. The Bertz CT molecular complexity index is 1510. The van der Waals surface area contributed by atoms with Gasteiger partial charge >= 0.3 is 6.03 Å². The summed E-state index contributed by atoms with van der Waals surface area (Å²) in [5, 5.41) is 6.79. The van der Waals surface area contributed by atoms with E-state index < -0.39 is 0 Å². The molecule has 0 radical (unpaired) electrons. The van der Waals surface area contributed by atoms with Gasteiger partial charge in [0, 0.05) is 24.3 Å². The van der Waals surface area contributed by atoms with Crippen molar-refractivity contribution < 1.29 is 14.3 Å². The van der Waals surface area contributed by atoms with Crippen LogP contribution >= 0.6 is 11.3 Å². The van der Waals surface area contributed by atoms with E-state index in [1.54, 1.807) is 29.4 Å². The van der Waals surface area contributed by atoms with Crippen LogP contribution in [-0.4, -0.2) is 34.0 Å². The molecular formula is C27H26N6O3S. The molecule has 4 heterocycles. The standard InChI is InChI=1S/C27H26N6O3S/c1-15-12-21(36-18-8-3-2-4-9-18)30-14-20(15)33-19-10-11-29-26-22(19)23(32-27(33)35)24(37-26)25(34)31-17-7-5-6-16(28)13-17/h2-4,8-12,14,16-17H,5-7,13,28H2,1H3,(H,31,34)(H,32,35)/t16-,17+/m0/s1. The minimum Gasteiger partial charge on any atom is -0.439 e. The first-order valence-corrected chi connectivity index (χ1v) is 13.1. The Morgan fingerprint density at radius 1 is 1.19 bits per heavy atom. The number of rotatable bonds is 5. The van der Waals surface area contributed by atoms with Crippen molar-refractivity contribution >= 4 is 50.6 Å². The van der Waals surface area contributed by atoms with Crippen molar-refractivity contribution in [1.82, 2.24) is 15.3 Å². The number of aromatic nitrogens is 2. The summed E-state index contributed by atoms with van der Waals surface area (Å²) in [6.45, 7) is 1.90. The Balaban J connectivity index is 1.33. The fraction of sp³-hybridized carbons (Fsp3) is 0.259. The number of urea groups is 1. The highest BCUT2D eigenvalue weighted by molar-refractivity contribution is 7.21. The molecule has 1 aliphatic carbocycles. The Morgan fingerprint density at radius 3 is 2.81 bits per heavy atom. The maximum absolute atomic E-state index is 13.4. The number of hydrogen-bond acceptors (Lipinski definition) is 7. The van der Waals surface area contributed by atoms with E-state index in [9.17, 15) is 9.59 Å². The second-order valence-corrected chi connectivity index (χ2v) is 10.4. The van der Waals surface area contributed by atoms with Crippen LogP contribution in [0.1, 0.15) is 40.9 Å². The summed E-state index contributed by atoms with van der Waals surface area (Å²) in [6.07, 6.45) is 6.90. The van der Waals surface area contributed by atoms with Crippen LogP contribution in [0.3, 0.4) is 0 Å². The van der Waals surface area contributed by atoms with Gasteiger partial charge in [0.25, 0.3) is 5.91 Å². The smallest absolute Gasteiger partial charge is 0.331 e. The number of nitrogens with zero attached hydrogens (tertiary/aromatic N) is 3. The van der Waals surface area contributed by atoms with Crippen LogP contribution in [0, 0.1) is 6.92 Å². The third kappa shape index (κ3) is 4.38. The number of carbonyl (C=O) groups excluding carboxylic acids is 2. The van der Waals surface area contributed by atoms with Gasteiger partial charge in [-0.25, -0.2) is 14.8 Å². The van der Waals surface area contributed by atoms with E-state index in [2.05, 4.69) is 20.6 Å². The molecule has 3 aromatic heterocycles. The molecule has 4 N–H and O–H groups in total. The minimum absolute atomic E-state index is 0.0298. The number of aryl methyl sites for hydroxylation is 1. The third-order valence-electron chi connectivity index (χ3n) is 6.77. The Labute approximate surface area is 217 Å². The summed E-state index contributed by atoms with van der Waals surface area (Å²) in [6, 6.07) is 12.7. The Morgan fingerprint density at radius 2 is 2.03 bits per heavy atom. The van der Waals surface area contributed by atoms with Gasteiger partial charge in [0.2, 0.25) is 5.88 Å². The van der Waals surface area contributed by atoms with E-state index >= 15 is 0 Å². The lowest BCUT2D eigenvalue weighted by Gasteiger charge is -2.29. The van der Waals surface area contributed by atoms with Gasteiger partial charge in [-0.1, -0.05) is 18.2 Å². The van der Waals surface area contributed by atoms with Gasteiger partial charge in [0.05, 0.1) is 28.6 Å². The summed E-state index contributed by atoms with van der Waals surface area (Å²) in [5.74, 6) is 0.900. The molecule has 1 fully saturated rings. The SMILES string of the molecule is Cc1cc(Oc2ccccc2)ncc1N1C(=O)Nc2c(C(=O)N[C@@H]3CCC[C@H](N)C3)sc3nccc1c23. The number of benzene rings is 1. The molecule has 4 aromatic rings. The van der Waals surface area contributed by atoms with Gasteiger partial charge in [-0.15, -0.1) is 11.3 Å². The maximum Gasteiger partial charge on any atom is 0.331 e. The molecule has 0 bridgehead atoms. The average Bonchev–Trinajstić information content (AvgIpc) is 3.25. The average molecular weight is 515 g/mol. The van der Waals surface area contributed by atoms with E-state index in [0.29, 0.717) is 38.4 Å². The van der Waals surface area contributed by atoms with Crippen LogP contribution in [0.25, 0.3) is 10.2 Å². The number of carbonyl (C=O) groups is 2. The molecule has 0 unspecified atom stereocenters. The topological polar surface area (TPSA) is 122 Å². The highest BCUT2D eigenvalue weighted by atomic mass is 32.1. The van der Waals surface area contributed by atoms with Gasteiger partial charge in [-0.3, -0.25) is 9.69 Å². The zero-order valence-corrected chi connectivity index (χ0v) is 21.0. The van der Waals surface area contributed by atoms with E-state index in [-0.39, 0.29) is 24.0 Å². The quantitative estimate of drug-likeness (QED) is 0.324. The number of para-hydroxylation sites is 1. The van der Waals surface area contributed by atoms with Crippen molar-refractivity contribution in [2.24, 2.45) is 5.73 Å². The molecule has 2 aliphatic rings. The normalized spacial score (nSPS) is 19.0. The van der Waals surface area contributed by atoms with Crippen molar-refractivity contribution in [1.29, 1.82) is 0 Å². The molecule has 37 heavy (non-hydrogen) atoms. The first-order chi connectivity index (χ1) is 18.0. The Hall–Kier alpha value is -4.02. The summed E-state index contributed by atoms with van der Waals surface area (Å²) >= 11 is 1.28. The number of hydrogen-bond donors (Lipinski definition) is 3. The second kappa shape index (κ2) is 9.45. The van der Waals surface area contributed by atoms with Crippen LogP contribution in [0.4, 0.5) is 21.9 Å². The zero-order chi connectivity index (χ0) is 25.5. The number of nitrogens with one attached hydrogen (secondary N) is 2. The number of thiophene rings is 1. The third-order valence-corrected chi connectivity index (χ3v) is 7.86. The zero-order valence-electron chi connectivity index (χ0n) is 20.2. The van der Waals surface area contributed by atoms with Crippen LogP contribution in [0.15, 0.2) is 54.9 Å². The summed E-state index contributed by atoms with van der Waals surface area (Å²) < 4.78 is 5.85. The monoisotopic (exact) mass is 514 g/mol. The van der Waals surface area contributed by atoms with Crippen molar-refractivity contribution in [3.8, 4) is 11.6 Å². The summed E-state index contributed by atoms with van der Waals surface area (Å²) in [5.41, 5.74) is 8.68. The molecule has 3 amide bonds. The molecular weight excluding hydrogens is 488 g/mol. The number of ether oxygens (including phenoxy) is 1. The van der Waals surface area contributed by atoms with Gasteiger partial charge in [-0.2, -0.15) is 0 Å². The van der Waals surface area contributed by atoms with Crippen LogP contribution in [-0.2, 0) is 0 Å². The number of anilines is 3. The van der Waals surface area contributed by atoms with Crippen molar-refractivity contribution in [3.63, 3.8) is 0 Å². The molecule has 188 valence electrons. The molecule has 9 nitrogen and oxygen atoms in total. The van der Waals surface area contributed by atoms with Crippen LogP contribution in [0.2, 0.25) is 0 Å². The molecule has 1 aromatic carbocycles. The van der Waals surface area contributed by atoms with Gasteiger partial charge < -0.3 is 21.1 Å². The summed E-state index contributed by atoms with van der Waals surface area (Å²) in [4.78, 5) is 38.3. The number of pyridine rings is 2. The van der Waals surface area contributed by atoms with Gasteiger partial charge in [0.15, 0.2) is 0 Å². The lowest BCUT2D eigenvalue weighted by molar-refractivity contribution is 0.0930. The molecule has 1 aliphatic heterocycles. The van der Waals surface area contributed by atoms with E-state index in [0.717, 1.165) is 36.6 Å². The highest BCUT2D eigenvalue weighted by Gasteiger charge is 2.34. The number of amides is 3. The van der Waals surface area contributed by atoms with E-state index in [1.165, 1.54) is 11.3 Å². The number of nitrogens with two attached hydrogens (primary N) is 1. The molecule has 0 saturated heterocycles. The Kier molecular flexibility index (Phi) is 5.97. The van der Waals surface area contributed by atoms with Crippen LogP contribution < -0.4 is 26.0 Å². The fourth-order valence-corrected chi connectivity index (χ4v) is 6.04. The van der Waals surface area contributed by atoms with E-state index in [4.69, 9.17) is 10.5 Å². The molecule has 10 heteroatoms. The largest absolute Gasteiger partial charge is 0.439 e. The van der Waals surface area contributed by atoms with Crippen LogP contribution in [0.5, 0.6) is 11.6 Å². The lowest BCUT2D eigenvalue weighted by Crippen LogP contribution is -2.42. The molecule has 2 atom stereocenters. The summed E-state index contributed by atoms with van der Waals surface area (Å²) in [7, 11) is 0. The lowest BCUT2D eigenvalue weighted by atomic mass is 9.91. The maximum atomic E-state index is 13.4. The van der Waals surface area contributed by atoms with Crippen molar-refractivity contribution in [2.45, 2.75) is 44.7 Å². The first-order valence-electron chi connectivity index (χ1n) is 12.3. The molecule has 0 spiro atoms. The van der Waals surface area contributed by atoms with E-state index in [1.807, 2.05) is 37.3 Å². The predicted molar refractivity (Wildman–Crippen MR) is 144 cm³/mol. The molecule has 6 rings (SSSR count). The van der Waals surface area contributed by atoms with Crippen molar-refractivity contribution in [2.75, 3.05) is 10.2 Å². The highest BCUT2D eigenvalue weighted by Crippen LogP contribution is 2.46. The van der Waals surface area contributed by atoms with Crippen molar-refractivity contribution in [3.05, 3.63) is 65.3 Å².